The van der Waals surface area contributed by atoms with Crippen LogP contribution in [0.1, 0.15) is 17.0 Å². The zero-order valence-electron chi connectivity index (χ0n) is 10.3. The van der Waals surface area contributed by atoms with Gasteiger partial charge in [0, 0.05) is 5.92 Å². The highest BCUT2D eigenvalue weighted by atomic mass is 16.5. The van der Waals surface area contributed by atoms with Gasteiger partial charge in [-0.3, -0.25) is 0 Å². The summed E-state index contributed by atoms with van der Waals surface area (Å²) < 4.78 is 5.67. The highest BCUT2D eigenvalue weighted by Gasteiger charge is 2.09. The van der Waals surface area contributed by atoms with Gasteiger partial charge in [-0.05, 0) is 11.1 Å². The molecule has 1 atom stereocenters. The molecule has 0 saturated heterocycles. The molecule has 0 amide bonds. The van der Waals surface area contributed by atoms with Crippen LogP contribution >= 0.6 is 0 Å². The Morgan fingerprint density at radius 3 is 2.11 bits per heavy atom. The van der Waals surface area contributed by atoms with E-state index in [1.165, 1.54) is 0 Å². The predicted octanol–water partition coefficient (Wildman–Crippen LogP) is 2.98. The second-order valence-corrected chi connectivity index (χ2v) is 4.29. The molecule has 0 aliphatic heterocycles. The molecule has 0 aliphatic rings. The van der Waals surface area contributed by atoms with E-state index in [9.17, 15) is 5.11 Å². The molecular weight excluding hydrogens is 224 g/mol. The minimum atomic E-state index is 0.0508. The predicted molar refractivity (Wildman–Crippen MR) is 72.4 cm³/mol. The van der Waals surface area contributed by atoms with Crippen molar-refractivity contribution in [2.75, 3.05) is 13.2 Å². The first-order chi connectivity index (χ1) is 8.90. The van der Waals surface area contributed by atoms with Gasteiger partial charge in [-0.25, -0.2) is 0 Å². The van der Waals surface area contributed by atoms with Gasteiger partial charge in [0.2, 0.25) is 0 Å². The third-order valence-corrected chi connectivity index (χ3v) is 2.92. The summed E-state index contributed by atoms with van der Waals surface area (Å²) in [4.78, 5) is 0. The van der Waals surface area contributed by atoms with Gasteiger partial charge in [0.1, 0.15) is 0 Å². The number of hydrogen-bond acceptors (Lipinski definition) is 2. The van der Waals surface area contributed by atoms with E-state index in [1.807, 2.05) is 60.7 Å². The van der Waals surface area contributed by atoms with Crippen LogP contribution in [0.25, 0.3) is 0 Å². The highest BCUT2D eigenvalue weighted by Crippen LogP contribution is 2.15. The van der Waals surface area contributed by atoms with E-state index < -0.39 is 0 Å². The topological polar surface area (TPSA) is 29.5 Å². The van der Waals surface area contributed by atoms with Gasteiger partial charge >= 0.3 is 0 Å². The molecule has 0 saturated carbocycles. The van der Waals surface area contributed by atoms with Gasteiger partial charge in [-0.1, -0.05) is 60.7 Å². The first kappa shape index (κ1) is 12.8. The fourth-order valence-electron chi connectivity index (χ4n) is 1.87. The molecule has 2 aromatic rings. The van der Waals surface area contributed by atoms with Crippen molar-refractivity contribution in [2.45, 2.75) is 12.5 Å². The van der Waals surface area contributed by atoms with Gasteiger partial charge in [0.25, 0.3) is 0 Å². The van der Waals surface area contributed by atoms with E-state index in [1.54, 1.807) is 0 Å². The summed E-state index contributed by atoms with van der Waals surface area (Å²) in [6.45, 7) is 1.23. The van der Waals surface area contributed by atoms with Gasteiger partial charge in [-0.2, -0.15) is 0 Å². The van der Waals surface area contributed by atoms with E-state index in [4.69, 9.17) is 4.74 Å². The fraction of sp³-hybridized carbons (Fsp3) is 0.250. The van der Waals surface area contributed by atoms with Gasteiger partial charge < -0.3 is 9.84 Å². The third kappa shape index (κ3) is 3.69. The Kier molecular flexibility index (Phi) is 4.94. The second-order valence-electron chi connectivity index (χ2n) is 4.29. The molecular formula is C16H18O2. The largest absolute Gasteiger partial charge is 0.396 e. The van der Waals surface area contributed by atoms with Crippen molar-refractivity contribution in [2.24, 2.45) is 0 Å². The molecule has 2 rings (SSSR count). The second kappa shape index (κ2) is 6.94. The average molecular weight is 242 g/mol. The Balaban J connectivity index is 1.85. The highest BCUT2D eigenvalue weighted by molar-refractivity contribution is 5.19. The van der Waals surface area contributed by atoms with E-state index >= 15 is 0 Å². The Bertz CT molecular complexity index is 439. The summed E-state index contributed by atoms with van der Waals surface area (Å²) in [5, 5.41) is 9.40. The zero-order valence-corrected chi connectivity index (χ0v) is 10.3. The quantitative estimate of drug-likeness (QED) is 0.843. The van der Waals surface area contributed by atoms with Gasteiger partial charge in [0.05, 0.1) is 19.8 Å². The molecule has 0 spiro atoms. The van der Waals surface area contributed by atoms with Crippen molar-refractivity contribution in [3.63, 3.8) is 0 Å². The number of rotatable bonds is 6. The van der Waals surface area contributed by atoms with Crippen molar-refractivity contribution in [3.8, 4) is 0 Å². The molecule has 94 valence electrons. The van der Waals surface area contributed by atoms with Crippen LogP contribution in [-0.2, 0) is 11.3 Å². The molecule has 0 bridgehead atoms. The Hall–Kier alpha value is -1.64. The lowest BCUT2D eigenvalue weighted by atomic mass is 10.0. The van der Waals surface area contributed by atoms with E-state index in [-0.39, 0.29) is 12.5 Å². The lowest BCUT2D eigenvalue weighted by Crippen LogP contribution is -2.12. The van der Waals surface area contributed by atoms with Crippen LogP contribution in [-0.4, -0.2) is 18.3 Å². The molecule has 0 radical (unpaired) electrons. The van der Waals surface area contributed by atoms with Crippen LogP contribution in [0.4, 0.5) is 0 Å². The number of aliphatic hydroxyl groups is 1. The maximum Gasteiger partial charge on any atom is 0.0717 e. The minimum absolute atomic E-state index is 0.0508. The smallest absolute Gasteiger partial charge is 0.0717 e. The Morgan fingerprint density at radius 2 is 1.50 bits per heavy atom. The molecule has 1 N–H and O–H groups in total. The molecule has 0 unspecified atom stereocenters. The first-order valence-corrected chi connectivity index (χ1v) is 6.17. The van der Waals surface area contributed by atoms with Crippen LogP contribution in [0.3, 0.4) is 0 Å². The molecule has 0 heterocycles. The summed E-state index contributed by atoms with van der Waals surface area (Å²) in [5.41, 5.74) is 2.27. The standard InChI is InChI=1S/C16H18O2/c17-11-16(15-9-5-2-6-10-15)13-18-12-14-7-3-1-4-8-14/h1-10,16-17H,11-13H2/t16-/m0/s1. The van der Waals surface area contributed by atoms with E-state index in [2.05, 4.69) is 0 Å². The summed E-state index contributed by atoms with van der Waals surface area (Å²) in [6, 6.07) is 20.0. The summed E-state index contributed by atoms with van der Waals surface area (Å²) in [7, 11) is 0. The molecule has 18 heavy (non-hydrogen) atoms. The molecule has 2 aromatic carbocycles. The van der Waals surface area contributed by atoms with Crippen molar-refractivity contribution in [1.82, 2.24) is 0 Å². The lowest BCUT2D eigenvalue weighted by Gasteiger charge is -2.14. The van der Waals surface area contributed by atoms with Crippen molar-refractivity contribution >= 4 is 0 Å². The van der Waals surface area contributed by atoms with Crippen LogP contribution in [0.2, 0.25) is 0 Å². The lowest BCUT2D eigenvalue weighted by molar-refractivity contribution is 0.0882. The minimum Gasteiger partial charge on any atom is -0.396 e. The van der Waals surface area contributed by atoms with Crippen LogP contribution in [0.15, 0.2) is 60.7 Å². The Morgan fingerprint density at radius 1 is 0.889 bits per heavy atom. The maximum atomic E-state index is 9.40. The molecule has 0 fully saturated rings. The van der Waals surface area contributed by atoms with Crippen LogP contribution < -0.4 is 0 Å². The monoisotopic (exact) mass is 242 g/mol. The number of aliphatic hydroxyl groups excluding tert-OH is 1. The molecule has 0 aliphatic carbocycles. The zero-order chi connectivity index (χ0) is 12.6. The van der Waals surface area contributed by atoms with Crippen molar-refractivity contribution in [3.05, 3.63) is 71.8 Å². The number of hydrogen-bond donors (Lipinski definition) is 1. The van der Waals surface area contributed by atoms with Crippen LogP contribution in [0, 0.1) is 0 Å². The van der Waals surface area contributed by atoms with Crippen molar-refractivity contribution in [1.29, 1.82) is 0 Å². The third-order valence-electron chi connectivity index (χ3n) is 2.92. The van der Waals surface area contributed by atoms with Gasteiger partial charge in [0.15, 0.2) is 0 Å². The maximum absolute atomic E-state index is 9.40. The fourth-order valence-corrected chi connectivity index (χ4v) is 1.87. The van der Waals surface area contributed by atoms with Crippen molar-refractivity contribution < 1.29 is 9.84 Å². The average Bonchev–Trinajstić information content (AvgIpc) is 2.46. The SMILES string of the molecule is OC[C@@H](COCc1ccccc1)c1ccccc1. The summed E-state index contributed by atoms with van der Waals surface area (Å²) >= 11 is 0. The summed E-state index contributed by atoms with van der Waals surface area (Å²) in [5.74, 6) is 0.0508. The molecule has 2 heteroatoms. The number of ether oxygens (including phenoxy) is 1. The number of benzene rings is 2. The van der Waals surface area contributed by atoms with Gasteiger partial charge in [-0.15, -0.1) is 0 Å². The van der Waals surface area contributed by atoms with Crippen LogP contribution in [0.5, 0.6) is 0 Å². The normalized spacial score (nSPS) is 12.3. The summed E-state index contributed by atoms with van der Waals surface area (Å²) in [6.07, 6.45) is 0. The molecule has 0 aromatic heterocycles. The van der Waals surface area contributed by atoms with E-state index in [0.29, 0.717) is 13.2 Å². The first-order valence-electron chi connectivity index (χ1n) is 6.17. The Labute approximate surface area is 108 Å². The van der Waals surface area contributed by atoms with E-state index in [0.717, 1.165) is 11.1 Å². The molecule has 2 nitrogen and oxygen atoms in total.